The van der Waals surface area contributed by atoms with Gasteiger partial charge in [-0.05, 0) is 50.3 Å². The van der Waals surface area contributed by atoms with Crippen LogP contribution in [0, 0.1) is 0 Å². The molecule has 2 heterocycles. The van der Waals surface area contributed by atoms with Gasteiger partial charge >= 0.3 is 0 Å². The molecule has 0 radical (unpaired) electrons. The van der Waals surface area contributed by atoms with Gasteiger partial charge in [0, 0.05) is 31.0 Å². The summed E-state index contributed by atoms with van der Waals surface area (Å²) in [6, 6.07) is 8.49. The van der Waals surface area contributed by atoms with Crippen LogP contribution in [0.2, 0.25) is 0 Å². The van der Waals surface area contributed by atoms with Crippen molar-refractivity contribution in [2.75, 3.05) is 26.2 Å². The van der Waals surface area contributed by atoms with E-state index in [1.165, 1.54) is 12.0 Å². The molecule has 1 saturated heterocycles. The molecule has 1 atom stereocenters. The van der Waals surface area contributed by atoms with Gasteiger partial charge in [-0.2, -0.15) is 4.98 Å². The number of carbonyl (C=O) groups excluding carboxylic acids is 1. The Morgan fingerprint density at radius 1 is 1.30 bits per heavy atom. The van der Waals surface area contributed by atoms with Crippen LogP contribution in [-0.4, -0.2) is 58.3 Å². The number of likely N-dealkylation sites (tertiary alicyclic amines) is 1. The average Bonchev–Trinajstić information content (AvgIpc) is 3.41. The van der Waals surface area contributed by atoms with Crippen LogP contribution in [0.3, 0.4) is 0 Å². The molecule has 1 aliphatic rings. The molecule has 3 rings (SSSR count). The minimum Gasteiger partial charge on any atom is -0.395 e. The maximum atomic E-state index is 12.1. The minimum atomic E-state index is 0.00504. The molecule has 30 heavy (non-hydrogen) atoms. The van der Waals surface area contributed by atoms with Crippen molar-refractivity contribution in [2.45, 2.75) is 64.3 Å². The number of unbranched alkanes of at least 4 members (excludes halogenated alkanes) is 1. The lowest BCUT2D eigenvalue weighted by Crippen LogP contribution is -2.33. The smallest absolute Gasteiger partial charge is 0.227 e. The molecule has 0 spiro atoms. The average molecular weight is 415 g/mol. The van der Waals surface area contributed by atoms with Gasteiger partial charge in [-0.1, -0.05) is 43.3 Å². The van der Waals surface area contributed by atoms with Crippen molar-refractivity contribution in [3.63, 3.8) is 0 Å². The first-order valence-electron chi connectivity index (χ1n) is 11.1. The molecule has 0 aliphatic carbocycles. The number of rotatable bonds is 11. The van der Waals surface area contributed by atoms with E-state index in [9.17, 15) is 9.90 Å². The van der Waals surface area contributed by atoms with Crippen molar-refractivity contribution in [1.29, 1.82) is 0 Å². The third-order valence-corrected chi connectivity index (χ3v) is 5.77. The topological polar surface area (TPSA) is 91.5 Å². The predicted octanol–water partition coefficient (Wildman–Crippen LogP) is 3.15. The number of aryl methyl sites for hydroxylation is 1. The molecule has 2 N–H and O–H groups in total. The highest BCUT2D eigenvalue weighted by atomic mass is 16.5. The summed E-state index contributed by atoms with van der Waals surface area (Å²) in [6.07, 6.45) is 5.01. The second-order valence-corrected chi connectivity index (χ2v) is 8.36. The second-order valence-electron chi connectivity index (χ2n) is 8.36. The monoisotopic (exact) mass is 414 g/mol. The summed E-state index contributed by atoms with van der Waals surface area (Å²) in [5, 5.41) is 16.3. The summed E-state index contributed by atoms with van der Waals surface area (Å²) in [5.74, 6) is 1.53. The molecular weight excluding hydrogens is 380 g/mol. The number of amides is 1. The van der Waals surface area contributed by atoms with E-state index in [-0.39, 0.29) is 12.5 Å². The largest absolute Gasteiger partial charge is 0.395 e. The molecule has 1 aromatic heterocycles. The molecule has 1 aromatic carbocycles. The van der Waals surface area contributed by atoms with E-state index < -0.39 is 0 Å². The van der Waals surface area contributed by atoms with Crippen LogP contribution in [0.25, 0.3) is 11.4 Å². The molecule has 7 heteroatoms. The molecule has 1 aliphatic heterocycles. The summed E-state index contributed by atoms with van der Waals surface area (Å²) in [5.41, 5.74) is 2.19. The van der Waals surface area contributed by atoms with E-state index in [2.05, 4.69) is 46.3 Å². The van der Waals surface area contributed by atoms with Gasteiger partial charge in [0.1, 0.15) is 0 Å². The van der Waals surface area contributed by atoms with Gasteiger partial charge in [0.15, 0.2) is 0 Å². The molecule has 1 fully saturated rings. The van der Waals surface area contributed by atoms with Crippen LogP contribution >= 0.6 is 0 Å². The van der Waals surface area contributed by atoms with Crippen molar-refractivity contribution >= 4 is 5.91 Å². The third kappa shape index (κ3) is 6.37. The van der Waals surface area contributed by atoms with Crippen LogP contribution in [0.15, 0.2) is 28.8 Å². The number of aliphatic hydroxyl groups is 1. The van der Waals surface area contributed by atoms with Crippen LogP contribution < -0.4 is 5.32 Å². The zero-order valence-corrected chi connectivity index (χ0v) is 18.1. The fraction of sp³-hybridized carbons (Fsp3) is 0.609. The SMILES string of the molecule is CC(C)c1ccc(-c2noc(CCC(=O)NCCCCN3CCC[C@@H]3CO)n2)cc1. The van der Waals surface area contributed by atoms with E-state index in [0.717, 1.165) is 37.9 Å². The normalized spacial score (nSPS) is 17.0. The predicted molar refractivity (Wildman–Crippen MR) is 116 cm³/mol. The van der Waals surface area contributed by atoms with Gasteiger partial charge < -0.3 is 14.9 Å². The Morgan fingerprint density at radius 3 is 2.83 bits per heavy atom. The van der Waals surface area contributed by atoms with Gasteiger partial charge in [-0.3, -0.25) is 9.69 Å². The lowest BCUT2D eigenvalue weighted by molar-refractivity contribution is -0.121. The summed E-state index contributed by atoms with van der Waals surface area (Å²) in [7, 11) is 0. The van der Waals surface area contributed by atoms with E-state index in [0.29, 0.717) is 43.1 Å². The Hall–Kier alpha value is -2.25. The highest BCUT2D eigenvalue weighted by Crippen LogP contribution is 2.21. The lowest BCUT2D eigenvalue weighted by Gasteiger charge is -2.22. The standard InChI is InChI=1S/C23H34N4O3/c1-17(2)18-7-9-19(10-8-18)23-25-22(30-26-23)12-11-21(29)24-13-3-4-14-27-15-5-6-20(27)16-28/h7-10,17,20,28H,3-6,11-16H2,1-2H3,(H,24,29)/t20-/m1/s1. The fourth-order valence-electron chi connectivity index (χ4n) is 3.86. The van der Waals surface area contributed by atoms with Crippen LogP contribution in [-0.2, 0) is 11.2 Å². The summed E-state index contributed by atoms with van der Waals surface area (Å²) in [6.45, 7) is 7.31. The quantitative estimate of drug-likeness (QED) is 0.549. The first-order valence-corrected chi connectivity index (χ1v) is 11.1. The maximum absolute atomic E-state index is 12.1. The van der Waals surface area contributed by atoms with Crippen molar-refractivity contribution in [1.82, 2.24) is 20.4 Å². The number of aliphatic hydroxyl groups excluding tert-OH is 1. The Balaban J connectivity index is 1.33. The molecule has 7 nitrogen and oxygen atoms in total. The first-order chi connectivity index (χ1) is 14.6. The molecule has 164 valence electrons. The number of nitrogens with zero attached hydrogens (tertiary/aromatic N) is 3. The van der Waals surface area contributed by atoms with Crippen molar-refractivity contribution in [3.8, 4) is 11.4 Å². The lowest BCUT2D eigenvalue weighted by atomic mass is 10.0. The third-order valence-electron chi connectivity index (χ3n) is 5.77. The molecule has 1 amide bonds. The van der Waals surface area contributed by atoms with Gasteiger partial charge in [0.25, 0.3) is 0 Å². The Bertz CT molecular complexity index is 788. The molecule has 0 bridgehead atoms. The highest BCUT2D eigenvalue weighted by Gasteiger charge is 2.22. The van der Waals surface area contributed by atoms with E-state index in [1.54, 1.807) is 0 Å². The Labute approximate surface area is 178 Å². The van der Waals surface area contributed by atoms with E-state index in [4.69, 9.17) is 4.52 Å². The van der Waals surface area contributed by atoms with Crippen LogP contribution in [0.1, 0.15) is 63.3 Å². The number of hydrogen-bond donors (Lipinski definition) is 2. The Kier molecular flexibility index (Phi) is 8.39. The zero-order valence-electron chi connectivity index (χ0n) is 18.1. The minimum absolute atomic E-state index is 0.00504. The van der Waals surface area contributed by atoms with Gasteiger partial charge in [0.05, 0.1) is 6.61 Å². The van der Waals surface area contributed by atoms with E-state index >= 15 is 0 Å². The van der Waals surface area contributed by atoms with Crippen LogP contribution in [0.4, 0.5) is 0 Å². The maximum Gasteiger partial charge on any atom is 0.227 e. The number of hydrogen-bond acceptors (Lipinski definition) is 6. The van der Waals surface area contributed by atoms with Crippen molar-refractivity contribution < 1.29 is 14.4 Å². The number of aromatic nitrogens is 2. The second kappa shape index (κ2) is 11.2. The first kappa shape index (κ1) is 22.4. The molecule has 2 aromatic rings. The number of nitrogens with one attached hydrogen (secondary N) is 1. The summed E-state index contributed by atoms with van der Waals surface area (Å²) < 4.78 is 5.30. The van der Waals surface area contributed by atoms with Crippen molar-refractivity contribution in [2.24, 2.45) is 0 Å². The molecule has 0 unspecified atom stereocenters. The highest BCUT2D eigenvalue weighted by molar-refractivity contribution is 5.75. The van der Waals surface area contributed by atoms with Gasteiger partial charge in [-0.25, -0.2) is 0 Å². The van der Waals surface area contributed by atoms with E-state index in [1.807, 2.05) is 12.1 Å². The molecular formula is C23H34N4O3. The number of carbonyl (C=O) groups is 1. The zero-order chi connectivity index (χ0) is 21.3. The summed E-state index contributed by atoms with van der Waals surface area (Å²) in [4.78, 5) is 18.8. The molecule has 0 saturated carbocycles. The number of benzene rings is 1. The van der Waals surface area contributed by atoms with Crippen molar-refractivity contribution in [3.05, 3.63) is 35.7 Å². The summed E-state index contributed by atoms with van der Waals surface area (Å²) >= 11 is 0. The van der Waals surface area contributed by atoms with Crippen LogP contribution in [0.5, 0.6) is 0 Å². The Morgan fingerprint density at radius 2 is 2.10 bits per heavy atom. The fourth-order valence-corrected chi connectivity index (χ4v) is 3.86. The van der Waals surface area contributed by atoms with Gasteiger partial charge in [0.2, 0.25) is 17.6 Å². The van der Waals surface area contributed by atoms with Gasteiger partial charge in [-0.15, -0.1) is 0 Å².